The predicted molar refractivity (Wildman–Crippen MR) is 80.8 cm³/mol. The van der Waals surface area contributed by atoms with Crippen molar-refractivity contribution >= 4 is 0 Å². The van der Waals surface area contributed by atoms with Gasteiger partial charge in [-0.2, -0.15) is 10.2 Å². The molecule has 6 nitrogen and oxygen atoms in total. The van der Waals surface area contributed by atoms with Crippen LogP contribution in [0.25, 0.3) is 0 Å². The molecule has 0 saturated carbocycles. The molecule has 0 aliphatic rings. The highest BCUT2D eigenvalue weighted by Crippen LogP contribution is 2.19. The number of rotatable bonds is 7. The zero-order valence-corrected chi connectivity index (χ0v) is 13.3. The lowest BCUT2D eigenvalue weighted by atomic mass is 10.1. The first-order valence-corrected chi connectivity index (χ1v) is 7.66. The van der Waals surface area contributed by atoms with E-state index in [1.165, 1.54) is 0 Å². The van der Waals surface area contributed by atoms with Crippen LogP contribution < -0.4 is 0 Å². The van der Waals surface area contributed by atoms with Crippen LogP contribution in [0.3, 0.4) is 0 Å². The average Bonchev–Trinajstić information content (AvgIpc) is 3.05. The number of hydrogen-bond donors (Lipinski definition) is 1. The van der Waals surface area contributed by atoms with E-state index in [2.05, 4.69) is 36.0 Å². The second-order valence-corrected chi connectivity index (χ2v) is 5.70. The molecule has 0 aliphatic carbocycles. The maximum atomic E-state index is 10.5. The van der Waals surface area contributed by atoms with Crippen LogP contribution in [0.1, 0.15) is 51.0 Å². The number of aryl methyl sites for hydroxylation is 2. The smallest absolute Gasteiger partial charge is 0.138 e. The van der Waals surface area contributed by atoms with Gasteiger partial charge < -0.3 is 5.11 Å². The SMILES string of the molecule is CCc1cc(C(O)Cc2ncnn2CC(C)C)n(CC)n1. The van der Waals surface area contributed by atoms with Crippen molar-refractivity contribution in [1.29, 1.82) is 0 Å². The van der Waals surface area contributed by atoms with Crippen LogP contribution in [0, 0.1) is 5.92 Å². The summed E-state index contributed by atoms with van der Waals surface area (Å²) >= 11 is 0. The lowest BCUT2D eigenvalue weighted by Crippen LogP contribution is -2.15. The van der Waals surface area contributed by atoms with E-state index in [4.69, 9.17) is 0 Å². The van der Waals surface area contributed by atoms with Gasteiger partial charge >= 0.3 is 0 Å². The third-order valence-electron chi connectivity index (χ3n) is 3.47. The summed E-state index contributed by atoms with van der Waals surface area (Å²) in [7, 11) is 0. The molecule has 0 aliphatic heterocycles. The molecule has 2 aromatic rings. The van der Waals surface area contributed by atoms with Crippen LogP contribution in [0.5, 0.6) is 0 Å². The van der Waals surface area contributed by atoms with E-state index in [9.17, 15) is 5.11 Å². The standard InChI is InChI=1S/C15H25N5O/c1-5-12-7-13(19(6-2)18-12)14(21)8-15-16-10-17-20(15)9-11(3)4/h7,10-11,14,21H,5-6,8-9H2,1-4H3. The Kier molecular flexibility index (Phi) is 5.12. The second kappa shape index (κ2) is 6.85. The molecule has 1 N–H and O–H groups in total. The van der Waals surface area contributed by atoms with E-state index in [1.807, 2.05) is 22.4 Å². The Labute approximate surface area is 125 Å². The summed E-state index contributed by atoms with van der Waals surface area (Å²) in [5.41, 5.74) is 1.86. The minimum absolute atomic E-state index is 0.460. The van der Waals surface area contributed by atoms with Crippen molar-refractivity contribution in [3.8, 4) is 0 Å². The fourth-order valence-electron chi connectivity index (χ4n) is 2.40. The van der Waals surface area contributed by atoms with Crippen molar-refractivity contribution in [2.45, 2.75) is 59.7 Å². The summed E-state index contributed by atoms with van der Waals surface area (Å²) in [4.78, 5) is 4.28. The molecular formula is C15H25N5O. The van der Waals surface area contributed by atoms with Gasteiger partial charge in [-0.1, -0.05) is 20.8 Å². The predicted octanol–water partition coefficient (Wildman–Crippen LogP) is 1.99. The van der Waals surface area contributed by atoms with Crippen LogP contribution in [0.4, 0.5) is 0 Å². The summed E-state index contributed by atoms with van der Waals surface area (Å²) < 4.78 is 3.74. The van der Waals surface area contributed by atoms with Gasteiger partial charge in [0.1, 0.15) is 18.3 Å². The molecule has 116 valence electrons. The largest absolute Gasteiger partial charge is 0.386 e. The minimum atomic E-state index is -0.604. The maximum Gasteiger partial charge on any atom is 0.138 e. The van der Waals surface area contributed by atoms with Crippen LogP contribution in [-0.2, 0) is 25.9 Å². The normalized spacial score (nSPS) is 13.0. The highest BCUT2D eigenvalue weighted by molar-refractivity contribution is 5.14. The first kappa shape index (κ1) is 15.7. The van der Waals surface area contributed by atoms with Crippen molar-refractivity contribution in [3.63, 3.8) is 0 Å². The third kappa shape index (κ3) is 3.69. The summed E-state index contributed by atoms with van der Waals surface area (Å²) in [5.74, 6) is 1.31. The highest BCUT2D eigenvalue weighted by atomic mass is 16.3. The molecule has 0 spiro atoms. The van der Waals surface area contributed by atoms with E-state index in [-0.39, 0.29) is 0 Å². The molecular weight excluding hydrogens is 266 g/mol. The first-order chi connectivity index (χ1) is 10.0. The van der Waals surface area contributed by atoms with Gasteiger partial charge in [0.15, 0.2) is 0 Å². The topological polar surface area (TPSA) is 68.8 Å². The first-order valence-electron chi connectivity index (χ1n) is 7.66. The Bertz CT molecular complexity index is 572. The molecule has 0 aromatic carbocycles. The fraction of sp³-hybridized carbons (Fsp3) is 0.667. The minimum Gasteiger partial charge on any atom is -0.386 e. The maximum absolute atomic E-state index is 10.5. The van der Waals surface area contributed by atoms with Crippen molar-refractivity contribution in [3.05, 3.63) is 29.6 Å². The Morgan fingerprint density at radius 1 is 1.24 bits per heavy atom. The number of hydrogen-bond acceptors (Lipinski definition) is 4. The van der Waals surface area contributed by atoms with Crippen LogP contribution in [0.2, 0.25) is 0 Å². The third-order valence-corrected chi connectivity index (χ3v) is 3.47. The van der Waals surface area contributed by atoms with Gasteiger partial charge in [-0.3, -0.25) is 4.68 Å². The van der Waals surface area contributed by atoms with Crippen molar-refractivity contribution in [2.75, 3.05) is 0 Å². The van der Waals surface area contributed by atoms with E-state index >= 15 is 0 Å². The Hall–Kier alpha value is -1.69. The monoisotopic (exact) mass is 291 g/mol. The lowest BCUT2D eigenvalue weighted by molar-refractivity contribution is 0.162. The highest BCUT2D eigenvalue weighted by Gasteiger charge is 2.18. The van der Waals surface area contributed by atoms with Gasteiger partial charge in [-0.15, -0.1) is 0 Å². The molecule has 0 fully saturated rings. The Balaban J connectivity index is 2.16. The molecule has 0 bridgehead atoms. The summed E-state index contributed by atoms with van der Waals surface area (Å²) in [5, 5.41) is 19.3. The number of nitrogens with zero attached hydrogens (tertiary/aromatic N) is 5. The van der Waals surface area contributed by atoms with Gasteiger partial charge in [0.2, 0.25) is 0 Å². The number of aliphatic hydroxyl groups excluding tert-OH is 1. The van der Waals surface area contributed by atoms with Crippen LogP contribution in [0.15, 0.2) is 12.4 Å². The van der Waals surface area contributed by atoms with Gasteiger partial charge in [-0.25, -0.2) is 9.67 Å². The molecule has 0 amide bonds. The molecule has 1 atom stereocenters. The zero-order valence-electron chi connectivity index (χ0n) is 13.3. The van der Waals surface area contributed by atoms with Crippen LogP contribution in [-0.4, -0.2) is 29.7 Å². The van der Waals surface area contributed by atoms with E-state index < -0.39 is 6.10 Å². The second-order valence-electron chi connectivity index (χ2n) is 5.70. The quantitative estimate of drug-likeness (QED) is 0.847. The van der Waals surface area contributed by atoms with Crippen molar-refractivity contribution < 1.29 is 5.11 Å². The zero-order chi connectivity index (χ0) is 15.4. The molecule has 2 rings (SSSR count). The molecule has 0 radical (unpaired) electrons. The average molecular weight is 291 g/mol. The number of aliphatic hydroxyl groups is 1. The van der Waals surface area contributed by atoms with E-state index in [1.54, 1.807) is 6.33 Å². The lowest BCUT2D eigenvalue weighted by Gasteiger charge is -2.13. The fourth-order valence-corrected chi connectivity index (χ4v) is 2.40. The summed E-state index contributed by atoms with van der Waals surface area (Å²) in [6, 6.07) is 1.98. The number of aromatic nitrogens is 5. The molecule has 6 heteroatoms. The van der Waals surface area contributed by atoms with E-state index in [0.717, 1.165) is 36.7 Å². The van der Waals surface area contributed by atoms with Gasteiger partial charge in [0.05, 0.1) is 11.4 Å². The van der Waals surface area contributed by atoms with Crippen LogP contribution >= 0.6 is 0 Å². The van der Waals surface area contributed by atoms with Gasteiger partial charge in [-0.05, 0) is 25.3 Å². The molecule has 1 unspecified atom stereocenters. The molecule has 2 heterocycles. The Morgan fingerprint density at radius 3 is 2.62 bits per heavy atom. The van der Waals surface area contributed by atoms with Crippen molar-refractivity contribution in [1.82, 2.24) is 24.5 Å². The summed E-state index contributed by atoms with van der Waals surface area (Å²) in [6.45, 7) is 9.95. The van der Waals surface area contributed by atoms with Crippen molar-refractivity contribution in [2.24, 2.45) is 5.92 Å². The molecule has 2 aromatic heterocycles. The summed E-state index contributed by atoms with van der Waals surface area (Å²) in [6.07, 6.45) is 2.28. The van der Waals surface area contributed by atoms with E-state index in [0.29, 0.717) is 12.3 Å². The van der Waals surface area contributed by atoms with Gasteiger partial charge in [0.25, 0.3) is 0 Å². The molecule has 21 heavy (non-hydrogen) atoms. The Morgan fingerprint density at radius 2 is 2.00 bits per heavy atom. The molecule has 0 saturated heterocycles. The van der Waals surface area contributed by atoms with Gasteiger partial charge in [0, 0.05) is 19.5 Å².